The molecule has 0 fully saturated rings. The van der Waals surface area contributed by atoms with Gasteiger partial charge in [0, 0.05) is 18.8 Å². The van der Waals surface area contributed by atoms with Crippen LogP contribution in [0.15, 0.2) is 4.47 Å². The number of aryl methyl sites for hydroxylation is 1. The van der Waals surface area contributed by atoms with Crippen LogP contribution in [-0.4, -0.2) is 29.8 Å². The number of rotatable bonds is 6. The molecule has 0 bridgehead atoms. The van der Waals surface area contributed by atoms with E-state index in [-0.39, 0.29) is 11.6 Å². The van der Waals surface area contributed by atoms with Crippen LogP contribution in [0.4, 0.5) is 0 Å². The molecule has 0 radical (unpaired) electrons. The topological polar surface area (TPSA) is 47.3 Å². The molecular weight excluding hydrogens is 336 g/mol. The molecule has 1 heterocycles. The zero-order chi connectivity index (χ0) is 15.6. The largest absolute Gasteiger partial charge is 0.417 e. The molecule has 0 aliphatic heterocycles. The Balaban J connectivity index is 2.50. The van der Waals surface area contributed by atoms with Crippen molar-refractivity contribution >= 4 is 24.2 Å². The number of aromatic nitrogens is 2. The van der Waals surface area contributed by atoms with Crippen molar-refractivity contribution in [3.8, 4) is 0 Å². The summed E-state index contributed by atoms with van der Waals surface area (Å²) in [5.74, 6) is 0. The van der Waals surface area contributed by atoms with Gasteiger partial charge in [0.05, 0.1) is 11.1 Å². The Morgan fingerprint density at radius 2 is 1.95 bits per heavy atom. The fourth-order valence-corrected chi connectivity index (χ4v) is 3.16. The normalized spacial score (nSPS) is 13.0. The maximum atomic E-state index is 9.20. The highest BCUT2D eigenvalue weighted by molar-refractivity contribution is 9.10. The van der Waals surface area contributed by atoms with Gasteiger partial charge < -0.3 is 9.53 Å². The van der Waals surface area contributed by atoms with Crippen LogP contribution in [0.2, 0.25) is 18.1 Å². The molecule has 116 valence electrons. The summed E-state index contributed by atoms with van der Waals surface area (Å²) in [7, 11) is -1.65. The molecule has 1 aromatic rings. The molecule has 6 heteroatoms. The van der Waals surface area contributed by atoms with Crippen molar-refractivity contribution in [1.82, 2.24) is 9.78 Å². The lowest BCUT2D eigenvalue weighted by atomic mass is 10.2. The average molecular weight is 363 g/mol. The van der Waals surface area contributed by atoms with Crippen molar-refractivity contribution in [2.24, 2.45) is 0 Å². The van der Waals surface area contributed by atoms with Gasteiger partial charge >= 0.3 is 0 Å². The predicted octanol–water partition coefficient (Wildman–Crippen LogP) is 3.86. The van der Waals surface area contributed by atoms with E-state index in [1.54, 1.807) is 0 Å². The maximum Gasteiger partial charge on any atom is 0.191 e. The highest BCUT2D eigenvalue weighted by Gasteiger charge is 2.36. The van der Waals surface area contributed by atoms with E-state index in [1.165, 1.54) is 0 Å². The molecule has 0 spiro atoms. The second-order valence-corrected chi connectivity index (χ2v) is 12.3. The Labute approximate surface area is 131 Å². The third-order valence-corrected chi connectivity index (χ3v) is 9.70. The molecule has 1 N–H and O–H groups in total. The Bertz CT molecular complexity index is 453. The summed E-state index contributed by atoms with van der Waals surface area (Å²) in [6.07, 6.45) is 0.937. The summed E-state index contributed by atoms with van der Waals surface area (Å²) in [6, 6.07) is 0. The van der Waals surface area contributed by atoms with Crippen molar-refractivity contribution in [1.29, 1.82) is 0 Å². The summed E-state index contributed by atoms with van der Waals surface area (Å²) >= 11 is 3.46. The lowest BCUT2D eigenvalue weighted by molar-refractivity contribution is 0.266. The standard InChI is InChI=1S/C14H27BrN2O2Si/c1-11-13(15)12(10-18)16-17(11)8-7-9-19-20(5,6)14(2,3)4/h18H,7-10H2,1-6H3. The molecule has 0 atom stereocenters. The van der Waals surface area contributed by atoms with Crippen LogP contribution >= 0.6 is 15.9 Å². The first kappa shape index (κ1) is 17.9. The van der Waals surface area contributed by atoms with Gasteiger partial charge in [-0.2, -0.15) is 5.10 Å². The smallest absolute Gasteiger partial charge is 0.191 e. The van der Waals surface area contributed by atoms with Gasteiger partial charge in [0.25, 0.3) is 0 Å². The summed E-state index contributed by atoms with van der Waals surface area (Å²) in [4.78, 5) is 0. The number of nitrogens with zero attached hydrogens (tertiary/aromatic N) is 2. The number of hydrogen-bond donors (Lipinski definition) is 1. The predicted molar refractivity (Wildman–Crippen MR) is 88.4 cm³/mol. The van der Waals surface area contributed by atoms with Crippen LogP contribution in [0.3, 0.4) is 0 Å². The third kappa shape index (κ3) is 4.16. The monoisotopic (exact) mass is 362 g/mol. The first-order valence-corrected chi connectivity index (χ1v) is 10.8. The Kier molecular flexibility index (Phi) is 6.01. The van der Waals surface area contributed by atoms with Gasteiger partial charge in [-0.3, -0.25) is 4.68 Å². The molecule has 4 nitrogen and oxygen atoms in total. The van der Waals surface area contributed by atoms with Crippen LogP contribution in [-0.2, 0) is 17.6 Å². The first-order chi connectivity index (χ1) is 9.10. The first-order valence-electron chi connectivity index (χ1n) is 7.07. The molecule has 0 saturated heterocycles. The summed E-state index contributed by atoms with van der Waals surface area (Å²) in [5.41, 5.74) is 1.76. The van der Waals surface area contributed by atoms with E-state index < -0.39 is 8.32 Å². The van der Waals surface area contributed by atoms with Crippen molar-refractivity contribution in [2.75, 3.05) is 6.61 Å². The number of aliphatic hydroxyl groups is 1. The Hall–Kier alpha value is -0.173. The van der Waals surface area contributed by atoms with E-state index in [2.05, 4.69) is 54.9 Å². The molecular formula is C14H27BrN2O2Si. The lowest BCUT2D eigenvalue weighted by Crippen LogP contribution is -2.41. The molecule has 0 saturated carbocycles. The summed E-state index contributed by atoms with van der Waals surface area (Å²) in [6.45, 7) is 14.9. The van der Waals surface area contributed by atoms with Gasteiger partial charge in [0.1, 0.15) is 5.69 Å². The zero-order valence-corrected chi connectivity index (χ0v) is 16.0. The van der Waals surface area contributed by atoms with Crippen LogP contribution in [0.1, 0.15) is 38.6 Å². The quantitative estimate of drug-likeness (QED) is 0.617. The van der Waals surface area contributed by atoms with E-state index in [0.717, 1.165) is 29.7 Å². The highest BCUT2D eigenvalue weighted by Crippen LogP contribution is 2.36. The molecule has 0 unspecified atom stereocenters. The molecule has 20 heavy (non-hydrogen) atoms. The van der Waals surface area contributed by atoms with Crippen LogP contribution in [0.25, 0.3) is 0 Å². The van der Waals surface area contributed by atoms with E-state index in [1.807, 2.05) is 11.6 Å². The fourth-order valence-electron chi connectivity index (χ4n) is 1.66. The van der Waals surface area contributed by atoms with Crippen molar-refractivity contribution in [2.45, 2.75) is 65.4 Å². The molecule has 0 aromatic carbocycles. The molecule has 1 aromatic heterocycles. The minimum Gasteiger partial charge on any atom is -0.417 e. The fraction of sp³-hybridized carbons (Fsp3) is 0.786. The SMILES string of the molecule is Cc1c(Br)c(CO)nn1CCCO[Si](C)(C)C(C)(C)C. The van der Waals surface area contributed by atoms with E-state index in [9.17, 15) is 5.11 Å². The summed E-state index contributed by atoms with van der Waals surface area (Å²) < 4.78 is 9.00. The summed E-state index contributed by atoms with van der Waals surface area (Å²) in [5, 5.41) is 13.8. The second kappa shape index (κ2) is 6.73. The highest BCUT2D eigenvalue weighted by atomic mass is 79.9. The maximum absolute atomic E-state index is 9.20. The van der Waals surface area contributed by atoms with E-state index in [4.69, 9.17) is 4.43 Å². The van der Waals surface area contributed by atoms with Gasteiger partial charge in [-0.25, -0.2) is 0 Å². The van der Waals surface area contributed by atoms with Gasteiger partial charge in [0.2, 0.25) is 0 Å². The second-order valence-electron chi connectivity index (χ2n) is 6.69. The Morgan fingerprint density at radius 1 is 1.35 bits per heavy atom. The van der Waals surface area contributed by atoms with Gasteiger partial charge in [-0.05, 0) is 47.4 Å². The van der Waals surface area contributed by atoms with E-state index >= 15 is 0 Å². The number of aliphatic hydroxyl groups excluding tert-OH is 1. The van der Waals surface area contributed by atoms with Gasteiger partial charge in [-0.1, -0.05) is 20.8 Å². The van der Waals surface area contributed by atoms with Crippen molar-refractivity contribution < 1.29 is 9.53 Å². The molecule has 0 aliphatic rings. The molecule has 1 rings (SSSR count). The average Bonchev–Trinajstić information content (AvgIpc) is 2.60. The van der Waals surface area contributed by atoms with Crippen LogP contribution < -0.4 is 0 Å². The van der Waals surface area contributed by atoms with Crippen LogP contribution in [0.5, 0.6) is 0 Å². The minimum atomic E-state index is -1.65. The van der Waals surface area contributed by atoms with Gasteiger partial charge in [-0.15, -0.1) is 0 Å². The number of halogens is 1. The Morgan fingerprint density at radius 3 is 2.40 bits per heavy atom. The molecule has 0 amide bonds. The zero-order valence-electron chi connectivity index (χ0n) is 13.5. The van der Waals surface area contributed by atoms with Gasteiger partial charge in [0.15, 0.2) is 8.32 Å². The lowest BCUT2D eigenvalue weighted by Gasteiger charge is -2.36. The van der Waals surface area contributed by atoms with Crippen LogP contribution in [0, 0.1) is 6.92 Å². The van der Waals surface area contributed by atoms with E-state index in [0.29, 0.717) is 5.69 Å². The third-order valence-electron chi connectivity index (χ3n) is 4.13. The van der Waals surface area contributed by atoms with Crippen molar-refractivity contribution in [3.05, 3.63) is 15.9 Å². The van der Waals surface area contributed by atoms with Crippen molar-refractivity contribution in [3.63, 3.8) is 0 Å². The molecule has 0 aliphatic carbocycles. The number of hydrogen-bond acceptors (Lipinski definition) is 3. The minimum absolute atomic E-state index is 0.0328.